The molecular weight excluding hydrogens is 254 g/mol. The van der Waals surface area contributed by atoms with Gasteiger partial charge in [0.1, 0.15) is 6.54 Å². The Balaban J connectivity index is 2.73. The lowest BCUT2D eigenvalue weighted by Crippen LogP contribution is -2.55. The number of hydrogen-bond donors (Lipinski definition) is 0. The molecule has 20 heavy (non-hydrogen) atoms. The van der Waals surface area contributed by atoms with Crippen LogP contribution in [0.2, 0.25) is 0 Å². The molecule has 1 aliphatic rings. The number of likely N-dealkylation sites (tertiary alicyclic amines) is 1. The molecule has 0 radical (unpaired) electrons. The first kappa shape index (κ1) is 16.4. The van der Waals surface area contributed by atoms with Crippen molar-refractivity contribution < 1.29 is 14.2 Å². The highest BCUT2D eigenvalue weighted by Crippen LogP contribution is 2.15. The highest BCUT2D eigenvalue weighted by atomic mass is 16.2. The maximum Gasteiger partial charge on any atom is 0.300 e. The first-order valence-corrected chi connectivity index (χ1v) is 7.08. The summed E-state index contributed by atoms with van der Waals surface area (Å²) < 4.78 is 0.409. The van der Waals surface area contributed by atoms with Gasteiger partial charge in [0.15, 0.2) is 0 Å². The summed E-state index contributed by atoms with van der Waals surface area (Å²) in [6.07, 6.45) is 3.93. The summed E-state index contributed by atoms with van der Waals surface area (Å²) in [5.41, 5.74) is 0.433. The van der Waals surface area contributed by atoms with Crippen LogP contribution < -0.4 is 0 Å². The normalized spacial score (nSPS) is 15.3. The molecule has 0 spiro atoms. The quantitative estimate of drug-likeness (QED) is 0.403. The zero-order valence-electron chi connectivity index (χ0n) is 12.9. The van der Waals surface area contributed by atoms with Crippen LogP contribution >= 0.6 is 0 Å². The highest BCUT2D eigenvalue weighted by Gasteiger charge is 2.31. The maximum absolute atomic E-state index is 12.5. The van der Waals surface area contributed by atoms with Crippen LogP contribution in [0, 0.1) is 0 Å². The predicted octanol–water partition coefficient (Wildman–Crippen LogP) is 1.54. The minimum absolute atomic E-state index is 0.103. The smallest absolute Gasteiger partial charge is 0.300 e. The van der Waals surface area contributed by atoms with Crippen LogP contribution in [-0.4, -0.2) is 60.0 Å². The van der Waals surface area contributed by atoms with E-state index >= 15 is 0 Å². The van der Waals surface area contributed by atoms with Crippen molar-refractivity contribution in [3.05, 3.63) is 24.9 Å². The topological polar surface area (TPSA) is 40.6 Å². The molecule has 0 aromatic heterocycles. The summed E-state index contributed by atoms with van der Waals surface area (Å²) in [4.78, 5) is 25.8. The lowest BCUT2D eigenvalue weighted by atomic mass is 10.2. The molecule has 1 rings (SSSR count). The number of carbonyl (C=O) groups is 2. The van der Waals surface area contributed by atoms with Gasteiger partial charge in [0, 0.05) is 18.5 Å². The van der Waals surface area contributed by atoms with Gasteiger partial charge in [-0.3, -0.25) is 9.59 Å². The molecule has 1 heterocycles. The Labute approximate surface area is 121 Å². The first-order valence-electron chi connectivity index (χ1n) is 7.08. The van der Waals surface area contributed by atoms with Crippen molar-refractivity contribution in [2.24, 2.45) is 0 Å². The summed E-state index contributed by atoms with van der Waals surface area (Å²) in [6.45, 7) is 11.5. The second-order valence-electron chi connectivity index (χ2n) is 5.70. The number of nitrogens with zero attached hydrogens (tertiary/aromatic N) is 3. The summed E-state index contributed by atoms with van der Waals surface area (Å²) >= 11 is 0. The fraction of sp³-hybridized carbons (Fsp3) is 0.600. The molecule has 0 saturated carbocycles. The third kappa shape index (κ3) is 3.70. The van der Waals surface area contributed by atoms with Crippen LogP contribution in [0.5, 0.6) is 0 Å². The van der Waals surface area contributed by atoms with Gasteiger partial charge >= 0.3 is 5.91 Å². The van der Waals surface area contributed by atoms with E-state index in [4.69, 9.17) is 0 Å². The number of carbonyl (C=O) groups excluding carboxylic acids is 2. The van der Waals surface area contributed by atoms with Crippen molar-refractivity contribution >= 4 is 11.8 Å². The van der Waals surface area contributed by atoms with E-state index in [0.29, 0.717) is 29.7 Å². The molecule has 0 aliphatic carbocycles. The van der Waals surface area contributed by atoms with Crippen LogP contribution in [0.15, 0.2) is 24.9 Å². The van der Waals surface area contributed by atoms with Gasteiger partial charge in [0.2, 0.25) is 5.91 Å². The Hall–Kier alpha value is -1.62. The van der Waals surface area contributed by atoms with E-state index in [1.165, 1.54) is 6.20 Å². The van der Waals surface area contributed by atoms with Crippen molar-refractivity contribution in [2.75, 3.05) is 33.7 Å². The van der Waals surface area contributed by atoms with E-state index in [9.17, 15) is 9.59 Å². The average molecular weight is 280 g/mol. The van der Waals surface area contributed by atoms with Gasteiger partial charge in [-0.15, -0.1) is 0 Å². The zero-order valence-corrected chi connectivity index (χ0v) is 12.9. The SMILES string of the molecule is C=CN(C(=O)C(=C)CN1CCCC1=O)[N+](C)(C)CCC. The molecule has 0 aromatic carbocycles. The van der Waals surface area contributed by atoms with Crippen molar-refractivity contribution in [3.8, 4) is 0 Å². The molecule has 0 aromatic rings. The zero-order chi connectivity index (χ0) is 15.3. The average Bonchev–Trinajstić information content (AvgIpc) is 2.75. The Morgan fingerprint density at radius 2 is 2.15 bits per heavy atom. The Morgan fingerprint density at radius 3 is 2.60 bits per heavy atom. The fourth-order valence-corrected chi connectivity index (χ4v) is 2.54. The molecule has 0 bridgehead atoms. The Kier molecular flexibility index (Phi) is 5.51. The first-order chi connectivity index (χ1) is 9.33. The third-order valence-corrected chi connectivity index (χ3v) is 3.59. The molecule has 0 unspecified atom stereocenters. The molecule has 2 amide bonds. The van der Waals surface area contributed by atoms with E-state index in [1.54, 1.807) is 9.91 Å². The van der Waals surface area contributed by atoms with E-state index < -0.39 is 0 Å². The summed E-state index contributed by atoms with van der Waals surface area (Å²) in [5, 5.41) is 1.58. The van der Waals surface area contributed by atoms with Gasteiger partial charge in [-0.2, -0.15) is 5.01 Å². The third-order valence-electron chi connectivity index (χ3n) is 3.59. The molecule has 1 saturated heterocycles. The van der Waals surface area contributed by atoms with Crippen LogP contribution in [0.25, 0.3) is 0 Å². The molecule has 5 nitrogen and oxygen atoms in total. The van der Waals surface area contributed by atoms with Gasteiger partial charge in [-0.1, -0.05) is 20.1 Å². The van der Waals surface area contributed by atoms with Gasteiger partial charge < -0.3 is 4.90 Å². The molecule has 112 valence electrons. The van der Waals surface area contributed by atoms with Crippen LogP contribution in [0.3, 0.4) is 0 Å². The minimum atomic E-state index is -0.168. The lowest BCUT2D eigenvalue weighted by Gasteiger charge is -2.37. The summed E-state index contributed by atoms with van der Waals surface area (Å²) in [6, 6.07) is 0. The van der Waals surface area contributed by atoms with E-state index in [2.05, 4.69) is 20.1 Å². The second-order valence-corrected chi connectivity index (χ2v) is 5.70. The van der Waals surface area contributed by atoms with E-state index in [-0.39, 0.29) is 11.8 Å². The molecule has 0 atom stereocenters. The predicted molar refractivity (Wildman–Crippen MR) is 79.3 cm³/mol. The number of quaternary nitrogens is 1. The van der Waals surface area contributed by atoms with Crippen LogP contribution in [0.1, 0.15) is 26.2 Å². The maximum atomic E-state index is 12.5. The molecule has 0 N–H and O–H groups in total. The minimum Gasteiger partial charge on any atom is -0.338 e. The van der Waals surface area contributed by atoms with Crippen molar-refractivity contribution in [1.29, 1.82) is 0 Å². The van der Waals surface area contributed by atoms with Crippen molar-refractivity contribution in [2.45, 2.75) is 26.2 Å². The van der Waals surface area contributed by atoms with Gasteiger partial charge in [0.05, 0.1) is 26.8 Å². The second kappa shape index (κ2) is 6.70. The Bertz CT molecular complexity index is 415. The number of rotatable bonds is 7. The number of amides is 2. The van der Waals surface area contributed by atoms with E-state index in [1.807, 2.05) is 14.1 Å². The highest BCUT2D eigenvalue weighted by molar-refractivity contribution is 5.94. The molecule has 5 heteroatoms. The monoisotopic (exact) mass is 280 g/mol. The lowest BCUT2D eigenvalue weighted by molar-refractivity contribution is -0.982. The van der Waals surface area contributed by atoms with E-state index in [0.717, 1.165) is 19.4 Å². The van der Waals surface area contributed by atoms with Crippen molar-refractivity contribution in [3.63, 3.8) is 0 Å². The Morgan fingerprint density at radius 1 is 1.50 bits per heavy atom. The fourth-order valence-electron chi connectivity index (χ4n) is 2.54. The van der Waals surface area contributed by atoms with Crippen LogP contribution in [-0.2, 0) is 9.59 Å². The summed E-state index contributed by atoms with van der Waals surface area (Å²) in [5.74, 6) is -0.0652. The number of hydrogen-bond acceptors (Lipinski definition) is 2. The van der Waals surface area contributed by atoms with Gasteiger partial charge in [0.25, 0.3) is 0 Å². The van der Waals surface area contributed by atoms with Crippen LogP contribution in [0.4, 0.5) is 0 Å². The standard InChI is InChI=1S/C15H26N3O2/c1-6-11-18(4,5)17(7-2)15(20)13(3)12-16-10-8-9-14(16)19/h7H,2-3,6,8-12H2,1,4-5H3/q+1. The van der Waals surface area contributed by atoms with Gasteiger partial charge in [-0.05, 0) is 12.8 Å². The van der Waals surface area contributed by atoms with Gasteiger partial charge in [-0.25, -0.2) is 4.59 Å². The molecule has 1 aliphatic heterocycles. The van der Waals surface area contributed by atoms with Crippen molar-refractivity contribution in [1.82, 2.24) is 9.91 Å². The molecular formula is C15H26N3O2+. The summed E-state index contributed by atoms with van der Waals surface area (Å²) in [7, 11) is 3.91. The largest absolute Gasteiger partial charge is 0.338 e. The molecule has 1 fully saturated rings.